The summed E-state index contributed by atoms with van der Waals surface area (Å²) in [7, 11) is 0. The molecule has 1 aromatic carbocycles. The van der Waals surface area contributed by atoms with Crippen LogP contribution in [-0.4, -0.2) is 48.4 Å². The Kier molecular flexibility index (Phi) is 5.37. The summed E-state index contributed by atoms with van der Waals surface area (Å²) in [5.41, 5.74) is 4.31. The molecular weight excluding hydrogens is 390 g/mol. The predicted octanol–water partition coefficient (Wildman–Crippen LogP) is 3.00. The van der Waals surface area contributed by atoms with Crippen molar-refractivity contribution in [2.75, 3.05) is 13.1 Å². The molecule has 8 nitrogen and oxygen atoms in total. The lowest BCUT2D eigenvalue weighted by molar-refractivity contribution is 0.201. The molecule has 1 aliphatic rings. The monoisotopic (exact) mass is 413 g/mol. The van der Waals surface area contributed by atoms with E-state index in [-0.39, 0.29) is 11.5 Å². The van der Waals surface area contributed by atoms with Crippen molar-refractivity contribution in [3.63, 3.8) is 0 Å². The number of hydrogen-bond acceptors (Lipinski definition) is 6. The van der Waals surface area contributed by atoms with Crippen LogP contribution >= 0.6 is 0 Å². The van der Waals surface area contributed by atoms with Crippen molar-refractivity contribution in [1.29, 1.82) is 0 Å². The number of nitrogens with one attached hydrogen (secondary N) is 2. The molecule has 1 saturated heterocycles. The zero-order chi connectivity index (χ0) is 21.0. The van der Waals surface area contributed by atoms with E-state index in [4.69, 9.17) is 4.98 Å². The minimum atomic E-state index is -0.136. The van der Waals surface area contributed by atoms with E-state index in [1.165, 1.54) is 0 Å². The van der Waals surface area contributed by atoms with Crippen LogP contribution in [0.4, 0.5) is 0 Å². The third-order valence-corrected chi connectivity index (χ3v) is 5.72. The third-order valence-electron chi connectivity index (χ3n) is 5.72. The van der Waals surface area contributed by atoms with Gasteiger partial charge in [-0.2, -0.15) is 15.4 Å². The van der Waals surface area contributed by atoms with Gasteiger partial charge >= 0.3 is 0 Å². The Morgan fingerprint density at radius 3 is 2.58 bits per heavy atom. The number of nitrogens with zero attached hydrogens (tertiary/aromatic N) is 5. The first-order valence-corrected chi connectivity index (χ1v) is 10.5. The zero-order valence-corrected chi connectivity index (χ0v) is 17.0. The molecule has 156 valence electrons. The average molecular weight is 413 g/mol. The normalized spacial score (nSPS) is 15.2. The van der Waals surface area contributed by atoms with Crippen molar-refractivity contribution in [1.82, 2.24) is 35.3 Å². The number of H-pyrrole nitrogens is 2. The van der Waals surface area contributed by atoms with Gasteiger partial charge in [-0.1, -0.05) is 36.4 Å². The molecule has 0 unspecified atom stereocenters. The second-order valence-corrected chi connectivity index (χ2v) is 7.77. The van der Waals surface area contributed by atoms with Crippen LogP contribution in [0.5, 0.6) is 0 Å². The van der Waals surface area contributed by atoms with Crippen molar-refractivity contribution >= 4 is 0 Å². The van der Waals surface area contributed by atoms with Crippen molar-refractivity contribution in [3.8, 4) is 22.8 Å². The number of aromatic amines is 2. The molecule has 0 aliphatic carbocycles. The second kappa shape index (κ2) is 8.61. The van der Waals surface area contributed by atoms with Gasteiger partial charge in [-0.3, -0.25) is 14.7 Å². The molecule has 0 radical (unpaired) electrons. The molecule has 2 N–H and O–H groups in total. The summed E-state index contributed by atoms with van der Waals surface area (Å²) < 4.78 is 0. The molecule has 0 amide bonds. The first-order chi connectivity index (χ1) is 15.3. The van der Waals surface area contributed by atoms with Gasteiger partial charge in [-0.25, -0.2) is 4.98 Å². The molecule has 8 heteroatoms. The van der Waals surface area contributed by atoms with Gasteiger partial charge in [0.15, 0.2) is 5.82 Å². The van der Waals surface area contributed by atoms with Crippen molar-refractivity contribution in [2.45, 2.75) is 25.3 Å². The summed E-state index contributed by atoms with van der Waals surface area (Å²) in [4.78, 5) is 26.4. The lowest BCUT2D eigenvalue weighted by Gasteiger charge is -2.31. The van der Waals surface area contributed by atoms with E-state index >= 15 is 0 Å². The fraction of sp³-hybridized carbons (Fsp3) is 0.261. The number of rotatable bonds is 5. The van der Waals surface area contributed by atoms with E-state index in [0.717, 1.165) is 55.1 Å². The van der Waals surface area contributed by atoms with Gasteiger partial charge in [0.1, 0.15) is 17.1 Å². The standard InChI is InChI=1S/C23H23N7O/c31-21-14-19(25-23(26-21)18-8-4-5-11-24-18)16-9-12-30(13-10-16)15-20-22(28-29-27-20)17-6-2-1-3-7-17/h1-8,11,14,16H,9-10,12-13,15H2,(H,25,26,31)(H,27,28,29). The maximum absolute atomic E-state index is 12.2. The Balaban J connectivity index is 1.27. The van der Waals surface area contributed by atoms with Crippen molar-refractivity contribution < 1.29 is 0 Å². The van der Waals surface area contributed by atoms with Gasteiger partial charge in [-0.05, 0) is 38.1 Å². The highest BCUT2D eigenvalue weighted by Crippen LogP contribution is 2.28. The fourth-order valence-corrected chi connectivity index (χ4v) is 4.10. The fourth-order valence-electron chi connectivity index (χ4n) is 4.10. The summed E-state index contributed by atoms with van der Waals surface area (Å²) in [6.07, 6.45) is 3.58. The summed E-state index contributed by atoms with van der Waals surface area (Å²) in [6.45, 7) is 2.58. The minimum absolute atomic E-state index is 0.136. The molecule has 1 fully saturated rings. The van der Waals surface area contributed by atoms with Crippen LogP contribution in [0.3, 0.4) is 0 Å². The van der Waals surface area contributed by atoms with Crippen LogP contribution in [0.15, 0.2) is 65.6 Å². The van der Waals surface area contributed by atoms with Crippen LogP contribution in [0.2, 0.25) is 0 Å². The molecule has 0 saturated carbocycles. The number of likely N-dealkylation sites (tertiary alicyclic amines) is 1. The zero-order valence-electron chi connectivity index (χ0n) is 17.0. The van der Waals surface area contributed by atoms with E-state index in [9.17, 15) is 4.79 Å². The molecule has 4 heterocycles. The largest absolute Gasteiger partial charge is 0.305 e. The number of aromatic nitrogens is 6. The van der Waals surface area contributed by atoms with Crippen LogP contribution in [0.25, 0.3) is 22.8 Å². The lowest BCUT2D eigenvalue weighted by Crippen LogP contribution is -2.33. The smallest absolute Gasteiger partial charge is 0.251 e. The Bertz CT molecular complexity index is 1200. The molecule has 0 atom stereocenters. The third kappa shape index (κ3) is 4.29. The van der Waals surface area contributed by atoms with Gasteiger partial charge < -0.3 is 4.98 Å². The first kappa shape index (κ1) is 19.3. The van der Waals surface area contributed by atoms with Gasteiger partial charge in [0.25, 0.3) is 5.56 Å². The van der Waals surface area contributed by atoms with Crippen LogP contribution < -0.4 is 5.56 Å². The summed E-state index contributed by atoms with van der Waals surface area (Å²) >= 11 is 0. The molecule has 0 bridgehead atoms. The van der Waals surface area contributed by atoms with Crippen molar-refractivity contribution in [3.05, 3.63) is 82.5 Å². The molecule has 3 aromatic heterocycles. The summed E-state index contributed by atoms with van der Waals surface area (Å²) in [5, 5.41) is 11.5. The molecular formula is C23H23N7O. The van der Waals surface area contributed by atoms with Crippen LogP contribution in [0, 0.1) is 0 Å². The van der Waals surface area contributed by atoms with Crippen LogP contribution in [-0.2, 0) is 6.54 Å². The average Bonchev–Trinajstić information content (AvgIpc) is 3.28. The molecule has 31 heavy (non-hydrogen) atoms. The molecule has 0 spiro atoms. The number of piperidine rings is 1. The first-order valence-electron chi connectivity index (χ1n) is 10.5. The highest BCUT2D eigenvalue weighted by atomic mass is 16.1. The summed E-state index contributed by atoms with van der Waals surface area (Å²) in [5.74, 6) is 0.785. The number of pyridine rings is 1. The summed E-state index contributed by atoms with van der Waals surface area (Å²) in [6, 6.07) is 17.3. The van der Waals surface area contributed by atoms with Crippen LogP contribution in [0.1, 0.15) is 30.1 Å². The topological polar surface area (TPSA) is 103 Å². The maximum atomic E-state index is 12.2. The van der Waals surface area contributed by atoms with Gasteiger partial charge in [0.05, 0.1) is 5.69 Å². The maximum Gasteiger partial charge on any atom is 0.251 e. The van der Waals surface area contributed by atoms with E-state index in [0.29, 0.717) is 11.5 Å². The highest BCUT2D eigenvalue weighted by Gasteiger charge is 2.24. The predicted molar refractivity (Wildman–Crippen MR) is 117 cm³/mol. The quantitative estimate of drug-likeness (QED) is 0.521. The Morgan fingerprint density at radius 1 is 1.00 bits per heavy atom. The Labute approximate surface area is 179 Å². The second-order valence-electron chi connectivity index (χ2n) is 7.77. The highest BCUT2D eigenvalue weighted by molar-refractivity contribution is 5.60. The van der Waals surface area contributed by atoms with Gasteiger partial charge in [0, 0.05) is 30.3 Å². The molecule has 1 aliphatic heterocycles. The minimum Gasteiger partial charge on any atom is -0.305 e. The van der Waals surface area contributed by atoms with E-state index < -0.39 is 0 Å². The number of benzene rings is 1. The van der Waals surface area contributed by atoms with E-state index in [2.05, 4.69) is 30.3 Å². The SMILES string of the molecule is O=c1cc(C2CCN(Cc3n[nH]nc3-c3ccccc3)CC2)nc(-c2ccccn2)[nH]1. The molecule has 4 aromatic rings. The van der Waals surface area contributed by atoms with Crippen molar-refractivity contribution in [2.24, 2.45) is 0 Å². The van der Waals surface area contributed by atoms with E-state index in [1.807, 2.05) is 48.5 Å². The van der Waals surface area contributed by atoms with E-state index in [1.54, 1.807) is 12.3 Å². The molecule has 5 rings (SSSR count). The van der Waals surface area contributed by atoms with Gasteiger partial charge in [-0.15, -0.1) is 0 Å². The number of hydrogen-bond donors (Lipinski definition) is 2. The lowest BCUT2D eigenvalue weighted by atomic mass is 9.93. The Hall–Kier alpha value is -3.65. The Morgan fingerprint density at radius 2 is 1.81 bits per heavy atom. The van der Waals surface area contributed by atoms with Gasteiger partial charge in [0.2, 0.25) is 0 Å².